The van der Waals surface area contributed by atoms with E-state index in [1.165, 1.54) is 33.0 Å². The number of amides is 1. The third-order valence-corrected chi connectivity index (χ3v) is 5.84. The van der Waals surface area contributed by atoms with Gasteiger partial charge in [0.15, 0.2) is 5.84 Å². The Morgan fingerprint density at radius 1 is 1.22 bits per heavy atom. The van der Waals surface area contributed by atoms with E-state index in [1.54, 1.807) is 17.4 Å². The number of hydrogen-bond donors (Lipinski definition) is 1. The van der Waals surface area contributed by atoms with Gasteiger partial charge in [0.1, 0.15) is 5.04 Å². The highest BCUT2D eigenvalue weighted by atomic mass is 32.2. The molecule has 2 aliphatic rings. The van der Waals surface area contributed by atoms with E-state index in [0.717, 1.165) is 9.92 Å². The number of hydrazone groups is 1. The molecule has 5 nitrogen and oxygen atoms in total. The van der Waals surface area contributed by atoms with Gasteiger partial charge in [0.25, 0.3) is 5.91 Å². The van der Waals surface area contributed by atoms with Crippen LogP contribution < -0.4 is 0 Å². The van der Waals surface area contributed by atoms with Crippen molar-refractivity contribution in [3.8, 4) is 0 Å². The molecule has 8 heteroatoms. The summed E-state index contributed by atoms with van der Waals surface area (Å²) in [5.74, 6) is -0.295. The predicted molar refractivity (Wildman–Crippen MR) is 97.4 cm³/mol. The molecule has 0 fully saturated rings. The minimum absolute atomic E-state index is 0.0853. The van der Waals surface area contributed by atoms with Crippen molar-refractivity contribution in [3.63, 3.8) is 0 Å². The van der Waals surface area contributed by atoms with Crippen molar-refractivity contribution in [2.45, 2.75) is 6.42 Å². The number of hydrogen-bond acceptors (Lipinski definition) is 6. The topological polar surface area (TPSA) is 68.9 Å². The second-order valence-electron chi connectivity index (χ2n) is 4.79. The molecule has 4 rings (SSSR count). The number of fused-ring (bicyclic) bond motifs is 1. The summed E-state index contributed by atoms with van der Waals surface area (Å²) in [6, 6.07) is 7.86. The molecular formula is C15H10N4OS3. The number of carbonyl (C=O) groups excluding carboxylic acids is 1. The van der Waals surface area contributed by atoms with E-state index in [0.29, 0.717) is 11.6 Å². The van der Waals surface area contributed by atoms with Gasteiger partial charge in [-0.1, -0.05) is 12.1 Å². The molecule has 1 N–H and O–H groups in total. The fourth-order valence-corrected chi connectivity index (χ4v) is 4.55. The molecule has 0 aromatic carbocycles. The zero-order chi connectivity index (χ0) is 15.8. The molecule has 0 bridgehead atoms. The Morgan fingerprint density at radius 3 is 2.78 bits per heavy atom. The summed E-state index contributed by atoms with van der Waals surface area (Å²) >= 11 is 4.54. The smallest absolute Gasteiger partial charge is 0.282 e. The molecule has 0 spiro atoms. The van der Waals surface area contributed by atoms with Crippen molar-refractivity contribution in [2.75, 3.05) is 0 Å². The fraction of sp³-hybridized carbons (Fsp3) is 0.0667. The lowest BCUT2D eigenvalue weighted by Gasteiger charge is -2.19. The van der Waals surface area contributed by atoms with Gasteiger partial charge >= 0.3 is 0 Å². The molecule has 0 unspecified atom stereocenters. The van der Waals surface area contributed by atoms with Crippen molar-refractivity contribution >= 4 is 62.5 Å². The predicted octanol–water partition coefficient (Wildman–Crippen LogP) is 3.67. The Kier molecular flexibility index (Phi) is 3.72. The third-order valence-electron chi connectivity index (χ3n) is 3.23. The average Bonchev–Trinajstić information content (AvgIpc) is 3.25. The van der Waals surface area contributed by atoms with Crippen molar-refractivity contribution in [2.24, 2.45) is 10.1 Å². The maximum absolute atomic E-state index is 12.2. The highest BCUT2D eigenvalue weighted by molar-refractivity contribution is 8.27. The molecule has 0 aliphatic carbocycles. The van der Waals surface area contributed by atoms with Crippen LogP contribution in [0.4, 0.5) is 0 Å². The minimum atomic E-state index is -0.380. The van der Waals surface area contributed by atoms with Gasteiger partial charge in [-0.25, -0.2) is 0 Å². The first kappa shape index (κ1) is 14.6. The van der Waals surface area contributed by atoms with Gasteiger partial charge in [-0.2, -0.15) is 15.1 Å². The number of nitrogens with one attached hydrogen (secondary N) is 1. The first-order valence-electron chi connectivity index (χ1n) is 6.76. The van der Waals surface area contributed by atoms with E-state index >= 15 is 0 Å². The van der Waals surface area contributed by atoms with Crippen LogP contribution in [0.15, 0.2) is 50.7 Å². The molecular weight excluding hydrogens is 348 g/mol. The van der Waals surface area contributed by atoms with E-state index in [1.807, 2.05) is 35.0 Å². The normalized spacial score (nSPS) is 19.1. The molecule has 2 aliphatic heterocycles. The number of carbonyl (C=O) groups is 1. The Labute approximate surface area is 144 Å². The van der Waals surface area contributed by atoms with E-state index < -0.39 is 0 Å². The number of rotatable bonds is 3. The number of thioether (sulfide) groups is 1. The molecule has 114 valence electrons. The van der Waals surface area contributed by atoms with Crippen LogP contribution in [0, 0.1) is 5.41 Å². The Bertz CT molecular complexity index is 863. The van der Waals surface area contributed by atoms with Gasteiger partial charge in [0, 0.05) is 16.2 Å². The first-order chi connectivity index (χ1) is 11.2. The lowest BCUT2D eigenvalue weighted by atomic mass is 10.1. The van der Waals surface area contributed by atoms with Crippen LogP contribution in [0.2, 0.25) is 0 Å². The molecule has 2 aromatic rings. The van der Waals surface area contributed by atoms with Crippen molar-refractivity contribution in [1.29, 1.82) is 5.41 Å². The van der Waals surface area contributed by atoms with Crippen LogP contribution >= 0.6 is 34.4 Å². The Morgan fingerprint density at radius 2 is 2.04 bits per heavy atom. The number of aliphatic imine (C=N–C) groups is 1. The molecule has 1 amide bonds. The molecule has 0 radical (unpaired) electrons. The molecule has 23 heavy (non-hydrogen) atoms. The van der Waals surface area contributed by atoms with E-state index in [-0.39, 0.29) is 17.3 Å². The van der Waals surface area contributed by atoms with Crippen molar-refractivity contribution < 1.29 is 4.79 Å². The van der Waals surface area contributed by atoms with Gasteiger partial charge in [-0.05, 0) is 40.7 Å². The maximum Gasteiger partial charge on any atom is 0.283 e. The van der Waals surface area contributed by atoms with Gasteiger partial charge in [-0.3, -0.25) is 10.2 Å². The minimum Gasteiger partial charge on any atom is -0.282 e. The van der Waals surface area contributed by atoms with Crippen LogP contribution in [-0.2, 0) is 11.2 Å². The van der Waals surface area contributed by atoms with Gasteiger partial charge in [0.05, 0.1) is 5.57 Å². The number of amidine groups is 2. The highest BCUT2D eigenvalue weighted by Gasteiger charge is 2.35. The largest absolute Gasteiger partial charge is 0.283 e. The summed E-state index contributed by atoms with van der Waals surface area (Å²) in [5, 5.41) is 19.5. The van der Waals surface area contributed by atoms with Crippen molar-refractivity contribution in [1.82, 2.24) is 5.01 Å². The lowest BCUT2D eigenvalue weighted by Crippen LogP contribution is -2.35. The van der Waals surface area contributed by atoms with E-state index in [4.69, 9.17) is 5.41 Å². The summed E-state index contributed by atoms with van der Waals surface area (Å²) in [6.45, 7) is 0. The fourth-order valence-electron chi connectivity index (χ4n) is 2.18. The summed E-state index contributed by atoms with van der Waals surface area (Å²) in [6.07, 6.45) is 2.40. The summed E-state index contributed by atoms with van der Waals surface area (Å²) in [4.78, 5) is 18.4. The average molecular weight is 358 g/mol. The second-order valence-corrected chi connectivity index (χ2v) is 7.84. The zero-order valence-electron chi connectivity index (χ0n) is 11.7. The van der Waals surface area contributed by atoms with E-state index in [2.05, 4.69) is 10.1 Å². The van der Waals surface area contributed by atoms with Crippen LogP contribution in [-0.4, -0.2) is 27.0 Å². The summed E-state index contributed by atoms with van der Waals surface area (Å²) in [5.41, 5.74) is 0.276. The van der Waals surface area contributed by atoms with E-state index in [9.17, 15) is 4.79 Å². The van der Waals surface area contributed by atoms with Crippen LogP contribution in [0.25, 0.3) is 6.08 Å². The third kappa shape index (κ3) is 2.80. The first-order valence-corrected chi connectivity index (χ1v) is 9.33. The summed E-state index contributed by atoms with van der Waals surface area (Å²) < 4.78 is 0. The number of nitrogens with zero attached hydrogens (tertiary/aromatic N) is 3. The quantitative estimate of drug-likeness (QED) is 0.851. The second kappa shape index (κ2) is 5.88. The monoisotopic (exact) mass is 358 g/mol. The summed E-state index contributed by atoms with van der Waals surface area (Å²) in [7, 11) is 0. The number of thiophene rings is 2. The van der Waals surface area contributed by atoms with Gasteiger partial charge in [0.2, 0.25) is 5.17 Å². The van der Waals surface area contributed by atoms with Gasteiger partial charge in [-0.15, -0.1) is 22.7 Å². The highest BCUT2D eigenvalue weighted by Crippen LogP contribution is 2.30. The molecule has 0 saturated heterocycles. The lowest BCUT2D eigenvalue weighted by molar-refractivity contribution is -0.114. The molecule has 0 atom stereocenters. The maximum atomic E-state index is 12.2. The van der Waals surface area contributed by atoms with Crippen LogP contribution in [0.3, 0.4) is 0 Å². The van der Waals surface area contributed by atoms with Gasteiger partial charge < -0.3 is 0 Å². The van der Waals surface area contributed by atoms with Crippen molar-refractivity contribution in [3.05, 3.63) is 50.4 Å². The molecule has 0 saturated carbocycles. The molecule has 4 heterocycles. The Hall–Kier alpha value is -2.03. The standard InChI is InChI=1S/C15H10N4OS3/c16-13-11(7-9-3-1-5-21-9)14(20)17-15-19(13)18-12(23-15)8-10-4-2-6-22-10/h1-7,16H,8H2/b11-7+,16-13?. The Balaban J connectivity index is 1.63. The molecule has 2 aromatic heterocycles. The SMILES string of the molecule is N=C1/C(=C\c2cccs2)C(=O)N=C2SC(Cc3cccs3)=NN12. The zero-order valence-corrected chi connectivity index (χ0v) is 14.2. The van der Waals surface area contributed by atoms with Crippen LogP contribution in [0.5, 0.6) is 0 Å². The van der Waals surface area contributed by atoms with Crippen LogP contribution in [0.1, 0.15) is 9.75 Å².